The number of hydrogen-bond acceptors (Lipinski definition) is 5. The Balaban J connectivity index is 2.63. The van der Waals surface area contributed by atoms with E-state index in [9.17, 15) is 9.59 Å². The second kappa shape index (κ2) is 3.56. The maximum absolute atomic E-state index is 10.1. The van der Waals surface area contributed by atoms with Gasteiger partial charge in [0.05, 0.1) is 0 Å². The van der Waals surface area contributed by atoms with E-state index in [0.717, 1.165) is 4.80 Å². The SMILES string of the molecule is O=CCn1nnc(CC(=O)O)n1. The zero-order valence-electron chi connectivity index (χ0n) is 6.04. The number of carboxylic acids is 1. The van der Waals surface area contributed by atoms with E-state index in [1.165, 1.54) is 0 Å². The number of aldehydes is 1. The monoisotopic (exact) mass is 170 g/mol. The van der Waals surface area contributed by atoms with Crippen LogP contribution in [-0.4, -0.2) is 37.6 Å². The molecule has 1 heterocycles. The lowest BCUT2D eigenvalue weighted by Gasteiger charge is -1.85. The quantitative estimate of drug-likeness (QED) is 0.552. The summed E-state index contributed by atoms with van der Waals surface area (Å²) in [5.41, 5.74) is 0. The molecule has 7 nitrogen and oxygen atoms in total. The van der Waals surface area contributed by atoms with E-state index in [-0.39, 0.29) is 18.8 Å². The van der Waals surface area contributed by atoms with Crippen molar-refractivity contribution in [1.29, 1.82) is 0 Å². The Labute approximate surface area is 67.0 Å². The van der Waals surface area contributed by atoms with Crippen molar-refractivity contribution < 1.29 is 14.7 Å². The van der Waals surface area contributed by atoms with E-state index in [1.807, 2.05) is 0 Å². The smallest absolute Gasteiger partial charge is 0.311 e. The van der Waals surface area contributed by atoms with Crippen LogP contribution >= 0.6 is 0 Å². The highest BCUT2D eigenvalue weighted by Gasteiger charge is 2.06. The van der Waals surface area contributed by atoms with Gasteiger partial charge in [0.2, 0.25) is 0 Å². The maximum Gasteiger partial charge on any atom is 0.311 e. The molecule has 0 saturated carbocycles. The zero-order valence-corrected chi connectivity index (χ0v) is 6.04. The Hall–Kier alpha value is -1.79. The molecule has 1 rings (SSSR count). The van der Waals surface area contributed by atoms with Crippen molar-refractivity contribution in [3.05, 3.63) is 5.82 Å². The average Bonchev–Trinajstić information content (AvgIpc) is 2.36. The molecular weight excluding hydrogens is 164 g/mol. The van der Waals surface area contributed by atoms with Crippen LogP contribution in [-0.2, 0) is 22.6 Å². The van der Waals surface area contributed by atoms with Crippen LogP contribution < -0.4 is 0 Å². The maximum atomic E-state index is 10.1. The van der Waals surface area contributed by atoms with Gasteiger partial charge in [-0.2, -0.15) is 4.80 Å². The second-order valence-corrected chi connectivity index (χ2v) is 2.00. The molecule has 0 fully saturated rings. The Bertz CT molecular complexity index is 295. The molecule has 0 bridgehead atoms. The molecule has 0 unspecified atom stereocenters. The number of rotatable bonds is 4. The standard InChI is InChI=1S/C5H6N4O3/c10-2-1-9-7-4(6-8-9)3-5(11)12/h2H,1,3H2,(H,11,12). The molecule has 0 aliphatic heterocycles. The van der Waals surface area contributed by atoms with Gasteiger partial charge in [0.1, 0.15) is 19.3 Å². The number of tetrazole rings is 1. The highest BCUT2D eigenvalue weighted by molar-refractivity contribution is 5.68. The molecule has 1 N–H and O–H groups in total. The minimum absolute atomic E-state index is 0.00732. The third-order valence-electron chi connectivity index (χ3n) is 1.04. The molecule has 1 aromatic heterocycles. The van der Waals surface area contributed by atoms with Crippen molar-refractivity contribution in [2.45, 2.75) is 13.0 Å². The summed E-state index contributed by atoms with van der Waals surface area (Å²) in [6, 6.07) is 0. The molecule has 1 aromatic rings. The first-order valence-corrected chi connectivity index (χ1v) is 3.14. The van der Waals surface area contributed by atoms with Crippen LogP contribution in [0.4, 0.5) is 0 Å². The highest BCUT2D eigenvalue weighted by Crippen LogP contribution is 1.87. The third-order valence-corrected chi connectivity index (χ3v) is 1.04. The molecule has 0 aliphatic rings. The largest absolute Gasteiger partial charge is 0.481 e. The van der Waals surface area contributed by atoms with E-state index in [2.05, 4.69) is 15.4 Å². The molecule has 0 aromatic carbocycles. The first-order chi connectivity index (χ1) is 5.72. The van der Waals surface area contributed by atoms with E-state index in [0.29, 0.717) is 6.29 Å². The van der Waals surface area contributed by atoms with Gasteiger partial charge in [-0.3, -0.25) is 4.79 Å². The van der Waals surface area contributed by atoms with Crippen molar-refractivity contribution in [3.63, 3.8) is 0 Å². The van der Waals surface area contributed by atoms with Crippen molar-refractivity contribution in [1.82, 2.24) is 20.2 Å². The Morgan fingerprint density at radius 3 is 3.00 bits per heavy atom. The van der Waals surface area contributed by atoms with Crippen LogP contribution in [0, 0.1) is 0 Å². The summed E-state index contributed by atoms with van der Waals surface area (Å²) in [7, 11) is 0. The predicted molar refractivity (Wildman–Crippen MR) is 35.2 cm³/mol. The number of aromatic nitrogens is 4. The Morgan fingerprint density at radius 1 is 1.67 bits per heavy atom. The lowest BCUT2D eigenvalue weighted by molar-refractivity contribution is -0.136. The normalized spacial score (nSPS) is 9.67. The number of hydrogen-bond donors (Lipinski definition) is 1. The van der Waals surface area contributed by atoms with Crippen molar-refractivity contribution in [2.75, 3.05) is 0 Å². The molecule has 12 heavy (non-hydrogen) atoms. The molecule has 0 saturated heterocycles. The molecule has 0 atom stereocenters. The van der Waals surface area contributed by atoms with Gasteiger partial charge in [0.15, 0.2) is 5.82 Å². The van der Waals surface area contributed by atoms with Gasteiger partial charge in [0, 0.05) is 0 Å². The number of carboxylic acid groups (broad SMARTS) is 1. The van der Waals surface area contributed by atoms with Crippen molar-refractivity contribution >= 4 is 12.3 Å². The van der Waals surface area contributed by atoms with Gasteiger partial charge in [-0.05, 0) is 5.21 Å². The van der Waals surface area contributed by atoms with Gasteiger partial charge in [0.25, 0.3) is 0 Å². The minimum Gasteiger partial charge on any atom is -0.481 e. The van der Waals surface area contributed by atoms with Crippen LogP contribution in [0.1, 0.15) is 5.82 Å². The van der Waals surface area contributed by atoms with Crippen LogP contribution in [0.15, 0.2) is 0 Å². The third kappa shape index (κ3) is 2.11. The molecule has 0 amide bonds. The van der Waals surface area contributed by atoms with Crippen molar-refractivity contribution in [2.24, 2.45) is 0 Å². The summed E-state index contributed by atoms with van der Waals surface area (Å²) in [4.78, 5) is 21.1. The summed E-state index contributed by atoms with van der Waals surface area (Å²) in [5.74, 6) is -0.926. The fraction of sp³-hybridized carbons (Fsp3) is 0.400. The fourth-order valence-electron chi connectivity index (χ4n) is 0.626. The van der Waals surface area contributed by atoms with E-state index < -0.39 is 5.97 Å². The van der Waals surface area contributed by atoms with Gasteiger partial charge in [-0.25, -0.2) is 0 Å². The van der Waals surface area contributed by atoms with Gasteiger partial charge in [-0.1, -0.05) is 0 Å². The molecule has 0 aliphatic carbocycles. The van der Waals surface area contributed by atoms with Gasteiger partial charge >= 0.3 is 5.97 Å². The fourth-order valence-corrected chi connectivity index (χ4v) is 0.626. The first-order valence-electron chi connectivity index (χ1n) is 3.14. The number of carbonyl (C=O) groups is 2. The van der Waals surface area contributed by atoms with Crippen molar-refractivity contribution in [3.8, 4) is 0 Å². The summed E-state index contributed by atoms with van der Waals surface area (Å²) >= 11 is 0. The summed E-state index contributed by atoms with van der Waals surface area (Å²) in [6.07, 6.45) is 0.324. The summed E-state index contributed by atoms with van der Waals surface area (Å²) in [5, 5.41) is 18.8. The molecule has 7 heteroatoms. The van der Waals surface area contributed by atoms with Crippen LogP contribution in [0.2, 0.25) is 0 Å². The molecular formula is C5H6N4O3. The summed E-state index contributed by atoms with van der Waals surface area (Å²) < 4.78 is 0. The summed E-state index contributed by atoms with van der Waals surface area (Å²) in [6.45, 7) is -0.00732. The number of carbonyl (C=O) groups excluding carboxylic acids is 1. The average molecular weight is 170 g/mol. The lowest BCUT2D eigenvalue weighted by Crippen LogP contribution is -2.05. The van der Waals surface area contributed by atoms with Gasteiger partial charge < -0.3 is 9.90 Å². The van der Waals surface area contributed by atoms with E-state index in [4.69, 9.17) is 5.11 Å². The van der Waals surface area contributed by atoms with Crippen LogP contribution in [0.3, 0.4) is 0 Å². The van der Waals surface area contributed by atoms with E-state index in [1.54, 1.807) is 0 Å². The van der Waals surface area contributed by atoms with Gasteiger partial charge in [-0.15, -0.1) is 10.2 Å². The first kappa shape index (κ1) is 8.31. The zero-order chi connectivity index (χ0) is 8.97. The van der Waals surface area contributed by atoms with Crippen LogP contribution in [0.5, 0.6) is 0 Å². The molecule has 0 spiro atoms. The molecule has 64 valence electrons. The predicted octanol–water partition coefficient (Wildman–Crippen LogP) is -1.50. The number of nitrogens with zero attached hydrogens (tertiary/aromatic N) is 4. The Morgan fingerprint density at radius 2 is 2.42 bits per heavy atom. The topological polar surface area (TPSA) is 98.0 Å². The minimum atomic E-state index is -1.03. The van der Waals surface area contributed by atoms with E-state index >= 15 is 0 Å². The lowest BCUT2D eigenvalue weighted by atomic mass is 10.4. The second-order valence-electron chi connectivity index (χ2n) is 2.00. The molecule has 0 radical (unpaired) electrons. The Kier molecular flexibility index (Phi) is 2.46. The number of aliphatic carboxylic acids is 1. The van der Waals surface area contributed by atoms with Crippen LogP contribution in [0.25, 0.3) is 0 Å². The highest BCUT2D eigenvalue weighted by atomic mass is 16.4.